The van der Waals surface area contributed by atoms with Gasteiger partial charge in [-0.15, -0.1) is 0 Å². The van der Waals surface area contributed by atoms with Gasteiger partial charge in [-0.1, -0.05) is 40.5 Å². The van der Waals surface area contributed by atoms with E-state index in [2.05, 4.69) is 32.7 Å². The van der Waals surface area contributed by atoms with Crippen LogP contribution in [0.3, 0.4) is 0 Å². The first kappa shape index (κ1) is 12.2. The SMILES string of the molecule is CCC[Si](CC)(CCC)NCC. The van der Waals surface area contributed by atoms with Crippen molar-refractivity contribution >= 4 is 8.24 Å². The van der Waals surface area contributed by atoms with Crippen molar-refractivity contribution < 1.29 is 0 Å². The maximum absolute atomic E-state index is 3.79. The van der Waals surface area contributed by atoms with Crippen LogP contribution < -0.4 is 4.98 Å². The van der Waals surface area contributed by atoms with Crippen molar-refractivity contribution in [2.75, 3.05) is 6.54 Å². The number of hydrogen-bond donors (Lipinski definition) is 1. The summed E-state index contributed by atoms with van der Waals surface area (Å²) in [5.74, 6) is 0. The van der Waals surface area contributed by atoms with Gasteiger partial charge in [0.1, 0.15) is 8.24 Å². The quantitative estimate of drug-likeness (QED) is 0.603. The molecule has 0 aliphatic heterocycles. The molecular formula is C10H25NSi. The van der Waals surface area contributed by atoms with E-state index in [9.17, 15) is 0 Å². The minimum Gasteiger partial charge on any atom is -0.337 e. The summed E-state index contributed by atoms with van der Waals surface area (Å²) in [6, 6.07) is 4.33. The molecule has 0 atom stereocenters. The summed E-state index contributed by atoms with van der Waals surface area (Å²) in [7, 11) is -1.02. The third kappa shape index (κ3) is 3.72. The van der Waals surface area contributed by atoms with Crippen LogP contribution in [0, 0.1) is 0 Å². The third-order valence-electron chi connectivity index (χ3n) is 2.69. The Morgan fingerprint density at radius 1 is 0.917 bits per heavy atom. The Morgan fingerprint density at radius 3 is 1.67 bits per heavy atom. The Bertz CT molecular complexity index is 87.0. The molecule has 0 aromatic heterocycles. The highest BCUT2D eigenvalue weighted by Gasteiger charge is 2.27. The van der Waals surface area contributed by atoms with Crippen LogP contribution in [0.4, 0.5) is 0 Å². The molecule has 0 aliphatic carbocycles. The maximum Gasteiger partial charge on any atom is 0.125 e. The molecule has 0 saturated carbocycles. The molecule has 0 fully saturated rings. The highest BCUT2D eigenvalue weighted by atomic mass is 28.3. The van der Waals surface area contributed by atoms with Crippen molar-refractivity contribution in [2.24, 2.45) is 0 Å². The number of rotatable bonds is 7. The molecule has 12 heavy (non-hydrogen) atoms. The van der Waals surface area contributed by atoms with E-state index in [0.717, 1.165) is 0 Å². The van der Waals surface area contributed by atoms with Crippen LogP contribution in [-0.4, -0.2) is 14.8 Å². The van der Waals surface area contributed by atoms with Gasteiger partial charge in [-0.25, -0.2) is 0 Å². The maximum atomic E-state index is 3.79. The number of nitrogens with one attached hydrogen (secondary N) is 1. The summed E-state index contributed by atoms with van der Waals surface area (Å²) in [6.45, 7) is 10.4. The van der Waals surface area contributed by atoms with Gasteiger partial charge in [-0.3, -0.25) is 0 Å². The van der Waals surface area contributed by atoms with Gasteiger partial charge in [-0.2, -0.15) is 0 Å². The second-order valence-electron chi connectivity index (χ2n) is 3.66. The highest BCUT2D eigenvalue weighted by molar-refractivity contribution is 6.77. The van der Waals surface area contributed by atoms with Crippen molar-refractivity contribution in [3.05, 3.63) is 0 Å². The van der Waals surface area contributed by atoms with E-state index in [-0.39, 0.29) is 0 Å². The van der Waals surface area contributed by atoms with E-state index in [1.165, 1.54) is 37.5 Å². The summed E-state index contributed by atoms with van der Waals surface area (Å²) < 4.78 is 0. The molecular weight excluding hydrogens is 162 g/mol. The van der Waals surface area contributed by atoms with Gasteiger partial charge in [0.2, 0.25) is 0 Å². The summed E-state index contributed by atoms with van der Waals surface area (Å²) in [4.78, 5) is 3.79. The van der Waals surface area contributed by atoms with E-state index in [4.69, 9.17) is 0 Å². The molecule has 0 rings (SSSR count). The van der Waals surface area contributed by atoms with Crippen LogP contribution in [0.1, 0.15) is 40.5 Å². The molecule has 0 bridgehead atoms. The average molecular weight is 187 g/mol. The normalized spacial score (nSPS) is 12.0. The zero-order valence-corrected chi connectivity index (χ0v) is 10.2. The Hall–Kier alpha value is 0.177. The fourth-order valence-electron chi connectivity index (χ4n) is 2.11. The molecule has 0 aromatic rings. The van der Waals surface area contributed by atoms with Gasteiger partial charge in [0.25, 0.3) is 0 Å². The van der Waals surface area contributed by atoms with Gasteiger partial charge in [0, 0.05) is 0 Å². The zero-order chi connectivity index (χ0) is 9.45. The van der Waals surface area contributed by atoms with Crippen molar-refractivity contribution in [1.29, 1.82) is 0 Å². The average Bonchev–Trinajstić information content (AvgIpc) is 2.06. The van der Waals surface area contributed by atoms with E-state index >= 15 is 0 Å². The van der Waals surface area contributed by atoms with Gasteiger partial charge < -0.3 is 4.98 Å². The fraction of sp³-hybridized carbons (Fsp3) is 1.00. The molecule has 0 aliphatic rings. The highest BCUT2D eigenvalue weighted by Crippen LogP contribution is 2.20. The minimum absolute atomic E-state index is 1.02. The predicted octanol–water partition coefficient (Wildman–Crippen LogP) is 3.38. The van der Waals surface area contributed by atoms with Crippen molar-refractivity contribution in [2.45, 2.75) is 58.7 Å². The van der Waals surface area contributed by atoms with Crippen LogP contribution in [0.2, 0.25) is 18.1 Å². The largest absolute Gasteiger partial charge is 0.337 e. The summed E-state index contributed by atoms with van der Waals surface area (Å²) in [5.41, 5.74) is 0. The smallest absolute Gasteiger partial charge is 0.125 e. The Kier molecular flexibility index (Phi) is 6.77. The van der Waals surface area contributed by atoms with Gasteiger partial charge in [0.15, 0.2) is 0 Å². The van der Waals surface area contributed by atoms with E-state index in [1.807, 2.05) is 0 Å². The first-order chi connectivity index (χ1) is 5.74. The van der Waals surface area contributed by atoms with E-state index in [1.54, 1.807) is 0 Å². The predicted molar refractivity (Wildman–Crippen MR) is 60.1 cm³/mol. The Morgan fingerprint density at radius 2 is 1.42 bits per heavy atom. The van der Waals surface area contributed by atoms with Crippen LogP contribution in [0.15, 0.2) is 0 Å². The monoisotopic (exact) mass is 187 g/mol. The number of hydrogen-bond acceptors (Lipinski definition) is 1. The Balaban J connectivity index is 4.06. The topological polar surface area (TPSA) is 12.0 Å². The molecule has 0 saturated heterocycles. The van der Waals surface area contributed by atoms with Crippen LogP contribution in [-0.2, 0) is 0 Å². The standard InChI is InChI=1S/C10H25NSi/c1-5-9-12(8-4,10-6-2)11-7-3/h11H,5-10H2,1-4H3. The summed E-state index contributed by atoms with van der Waals surface area (Å²) >= 11 is 0. The summed E-state index contributed by atoms with van der Waals surface area (Å²) in [5, 5.41) is 0. The molecule has 0 spiro atoms. The fourth-order valence-corrected chi connectivity index (χ4v) is 6.34. The van der Waals surface area contributed by atoms with Gasteiger partial charge in [0.05, 0.1) is 0 Å². The molecule has 0 unspecified atom stereocenters. The van der Waals surface area contributed by atoms with Crippen LogP contribution in [0.5, 0.6) is 0 Å². The minimum atomic E-state index is -1.02. The van der Waals surface area contributed by atoms with Crippen LogP contribution in [0.25, 0.3) is 0 Å². The van der Waals surface area contributed by atoms with E-state index in [0.29, 0.717) is 0 Å². The molecule has 1 N–H and O–H groups in total. The molecule has 0 heterocycles. The van der Waals surface area contributed by atoms with Crippen molar-refractivity contribution in [3.63, 3.8) is 0 Å². The van der Waals surface area contributed by atoms with Crippen LogP contribution >= 0.6 is 0 Å². The molecule has 0 aromatic carbocycles. The molecule has 0 radical (unpaired) electrons. The van der Waals surface area contributed by atoms with Crippen molar-refractivity contribution in [1.82, 2.24) is 4.98 Å². The van der Waals surface area contributed by atoms with Gasteiger partial charge >= 0.3 is 0 Å². The van der Waals surface area contributed by atoms with E-state index < -0.39 is 8.24 Å². The summed E-state index contributed by atoms with van der Waals surface area (Å²) in [6.07, 6.45) is 2.71. The molecule has 0 amide bonds. The lowest BCUT2D eigenvalue weighted by Gasteiger charge is -2.30. The first-order valence-corrected chi connectivity index (χ1v) is 8.11. The van der Waals surface area contributed by atoms with Gasteiger partial charge in [-0.05, 0) is 24.7 Å². The zero-order valence-electron chi connectivity index (χ0n) is 9.24. The molecule has 1 nitrogen and oxygen atoms in total. The van der Waals surface area contributed by atoms with Crippen molar-refractivity contribution in [3.8, 4) is 0 Å². The molecule has 2 heteroatoms. The lowest BCUT2D eigenvalue weighted by molar-refractivity contribution is 0.854. The lowest BCUT2D eigenvalue weighted by atomic mass is 10.6. The second-order valence-corrected chi connectivity index (χ2v) is 8.29. The Labute approximate surface area is 79.0 Å². The molecule has 74 valence electrons. The lowest BCUT2D eigenvalue weighted by Crippen LogP contribution is -2.49. The first-order valence-electron chi connectivity index (χ1n) is 5.49. The third-order valence-corrected chi connectivity index (χ3v) is 8.06. The second kappa shape index (κ2) is 6.67.